The SMILES string of the molecule is COc1cc(Cl)c(NCc2cc(Br)ccc2F)cc1OC. The standard InChI is InChI=1S/C15H14BrClFNO2/c1-20-14-6-11(17)13(7-15(14)21-2)19-8-9-5-10(16)3-4-12(9)18/h3-7,19H,8H2,1-2H3. The Morgan fingerprint density at radius 1 is 1.14 bits per heavy atom. The predicted molar refractivity (Wildman–Crippen MR) is 86.0 cm³/mol. The molecule has 0 fully saturated rings. The van der Waals surface area contributed by atoms with Crippen LogP contribution in [0.5, 0.6) is 11.5 Å². The molecule has 0 saturated heterocycles. The highest BCUT2D eigenvalue weighted by Gasteiger charge is 2.10. The van der Waals surface area contributed by atoms with Gasteiger partial charge in [-0.1, -0.05) is 27.5 Å². The van der Waals surface area contributed by atoms with Crippen LogP contribution in [0.3, 0.4) is 0 Å². The van der Waals surface area contributed by atoms with Gasteiger partial charge in [-0.15, -0.1) is 0 Å². The van der Waals surface area contributed by atoms with Crippen molar-refractivity contribution < 1.29 is 13.9 Å². The number of rotatable bonds is 5. The Hall–Kier alpha value is -1.46. The van der Waals surface area contributed by atoms with Gasteiger partial charge in [-0.3, -0.25) is 0 Å². The molecule has 0 amide bonds. The van der Waals surface area contributed by atoms with Crippen molar-refractivity contribution >= 4 is 33.2 Å². The van der Waals surface area contributed by atoms with Crippen LogP contribution in [0, 0.1) is 5.82 Å². The first-order chi connectivity index (χ1) is 10.0. The lowest BCUT2D eigenvalue weighted by molar-refractivity contribution is 0.355. The summed E-state index contributed by atoms with van der Waals surface area (Å²) in [6.07, 6.45) is 0. The molecule has 0 aliphatic carbocycles. The average molecular weight is 375 g/mol. The fourth-order valence-electron chi connectivity index (χ4n) is 1.86. The number of benzene rings is 2. The molecule has 0 aliphatic rings. The van der Waals surface area contributed by atoms with E-state index in [1.54, 1.807) is 31.4 Å². The van der Waals surface area contributed by atoms with Crippen molar-refractivity contribution in [3.8, 4) is 11.5 Å². The van der Waals surface area contributed by atoms with Crippen LogP contribution >= 0.6 is 27.5 Å². The predicted octanol–water partition coefficient (Wildman–Crippen LogP) is 4.87. The molecule has 2 aromatic carbocycles. The summed E-state index contributed by atoms with van der Waals surface area (Å²) in [5.74, 6) is 0.822. The van der Waals surface area contributed by atoms with Gasteiger partial charge in [-0.2, -0.15) is 0 Å². The molecule has 3 nitrogen and oxygen atoms in total. The number of hydrogen-bond donors (Lipinski definition) is 1. The summed E-state index contributed by atoms with van der Waals surface area (Å²) >= 11 is 9.49. The van der Waals surface area contributed by atoms with Crippen LogP contribution < -0.4 is 14.8 Å². The van der Waals surface area contributed by atoms with Crippen molar-refractivity contribution in [2.24, 2.45) is 0 Å². The second kappa shape index (κ2) is 7.00. The van der Waals surface area contributed by atoms with E-state index in [2.05, 4.69) is 21.2 Å². The third-order valence-electron chi connectivity index (χ3n) is 2.95. The average Bonchev–Trinajstić information content (AvgIpc) is 2.48. The van der Waals surface area contributed by atoms with E-state index in [0.717, 1.165) is 4.47 Å². The summed E-state index contributed by atoms with van der Waals surface area (Å²) in [6.45, 7) is 0.306. The van der Waals surface area contributed by atoms with Crippen LogP contribution in [0.1, 0.15) is 5.56 Å². The Kier molecular flexibility index (Phi) is 5.31. The molecular weight excluding hydrogens is 361 g/mol. The molecule has 2 aromatic rings. The Morgan fingerprint density at radius 2 is 1.81 bits per heavy atom. The molecule has 0 heterocycles. The number of methoxy groups -OCH3 is 2. The minimum absolute atomic E-state index is 0.276. The van der Waals surface area contributed by atoms with E-state index in [4.69, 9.17) is 21.1 Å². The molecule has 0 spiro atoms. The minimum atomic E-state index is -0.276. The summed E-state index contributed by atoms with van der Waals surface area (Å²) in [5, 5.41) is 3.57. The van der Waals surface area contributed by atoms with Gasteiger partial charge in [-0.05, 0) is 18.2 Å². The van der Waals surface area contributed by atoms with Gasteiger partial charge in [0.2, 0.25) is 0 Å². The molecule has 0 bridgehead atoms. The van der Waals surface area contributed by atoms with Gasteiger partial charge in [-0.25, -0.2) is 4.39 Å². The third kappa shape index (κ3) is 3.80. The van der Waals surface area contributed by atoms with E-state index < -0.39 is 0 Å². The molecule has 0 radical (unpaired) electrons. The molecular formula is C15H14BrClFNO2. The molecule has 21 heavy (non-hydrogen) atoms. The summed E-state index contributed by atoms with van der Waals surface area (Å²) in [4.78, 5) is 0. The van der Waals surface area contributed by atoms with E-state index in [0.29, 0.717) is 34.3 Å². The Labute approximate surface area is 136 Å². The summed E-state index contributed by atoms with van der Waals surface area (Å²) < 4.78 is 24.9. The lowest BCUT2D eigenvalue weighted by Crippen LogP contribution is -2.03. The molecule has 0 saturated carbocycles. The van der Waals surface area contributed by atoms with Crippen LogP contribution in [-0.2, 0) is 6.54 Å². The topological polar surface area (TPSA) is 30.5 Å². The van der Waals surface area contributed by atoms with E-state index in [1.807, 2.05) is 0 Å². The van der Waals surface area contributed by atoms with Crippen LogP contribution in [-0.4, -0.2) is 14.2 Å². The Bertz CT molecular complexity index is 652. The number of anilines is 1. The molecule has 2 rings (SSSR count). The van der Waals surface area contributed by atoms with Crippen molar-refractivity contribution in [1.29, 1.82) is 0 Å². The van der Waals surface area contributed by atoms with E-state index in [9.17, 15) is 4.39 Å². The maximum atomic E-state index is 13.7. The van der Waals surface area contributed by atoms with Gasteiger partial charge in [0.1, 0.15) is 5.82 Å². The largest absolute Gasteiger partial charge is 0.493 e. The molecule has 0 aliphatic heterocycles. The fourth-order valence-corrected chi connectivity index (χ4v) is 2.49. The van der Waals surface area contributed by atoms with Crippen molar-refractivity contribution in [2.45, 2.75) is 6.54 Å². The highest BCUT2D eigenvalue weighted by atomic mass is 79.9. The molecule has 0 atom stereocenters. The van der Waals surface area contributed by atoms with Gasteiger partial charge in [0.05, 0.1) is 24.9 Å². The quantitative estimate of drug-likeness (QED) is 0.810. The van der Waals surface area contributed by atoms with Gasteiger partial charge >= 0.3 is 0 Å². The monoisotopic (exact) mass is 373 g/mol. The normalized spacial score (nSPS) is 10.3. The molecule has 0 aromatic heterocycles. The van der Waals surface area contributed by atoms with Gasteiger partial charge in [0.15, 0.2) is 11.5 Å². The van der Waals surface area contributed by atoms with Crippen molar-refractivity contribution in [3.05, 3.63) is 51.2 Å². The number of ether oxygens (including phenoxy) is 2. The summed E-state index contributed by atoms with van der Waals surface area (Å²) in [6, 6.07) is 8.16. The number of hydrogen-bond acceptors (Lipinski definition) is 3. The Balaban J connectivity index is 2.21. The molecule has 112 valence electrons. The van der Waals surface area contributed by atoms with Crippen LogP contribution in [0.15, 0.2) is 34.8 Å². The zero-order valence-electron chi connectivity index (χ0n) is 11.5. The lowest BCUT2D eigenvalue weighted by atomic mass is 10.2. The first-order valence-corrected chi connectivity index (χ1v) is 7.31. The second-order valence-corrected chi connectivity index (χ2v) is 5.60. The second-order valence-electron chi connectivity index (χ2n) is 4.28. The fraction of sp³-hybridized carbons (Fsp3) is 0.200. The zero-order valence-corrected chi connectivity index (χ0v) is 13.9. The van der Waals surface area contributed by atoms with E-state index in [-0.39, 0.29) is 5.82 Å². The number of halogens is 3. The Morgan fingerprint density at radius 3 is 2.48 bits per heavy atom. The highest BCUT2D eigenvalue weighted by molar-refractivity contribution is 9.10. The van der Waals surface area contributed by atoms with Crippen molar-refractivity contribution in [2.75, 3.05) is 19.5 Å². The van der Waals surface area contributed by atoms with Crippen molar-refractivity contribution in [3.63, 3.8) is 0 Å². The first kappa shape index (κ1) is 15.9. The minimum Gasteiger partial charge on any atom is -0.493 e. The summed E-state index contributed by atoms with van der Waals surface area (Å²) in [7, 11) is 3.08. The molecule has 0 unspecified atom stereocenters. The summed E-state index contributed by atoms with van der Waals surface area (Å²) in [5.41, 5.74) is 1.18. The smallest absolute Gasteiger partial charge is 0.162 e. The molecule has 6 heteroatoms. The van der Waals surface area contributed by atoms with Crippen LogP contribution in [0.25, 0.3) is 0 Å². The van der Waals surface area contributed by atoms with Crippen LogP contribution in [0.4, 0.5) is 10.1 Å². The van der Waals surface area contributed by atoms with E-state index in [1.165, 1.54) is 13.2 Å². The zero-order chi connectivity index (χ0) is 15.4. The van der Waals surface area contributed by atoms with Gasteiger partial charge in [0.25, 0.3) is 0 Å². The number of nitrogens with one attached hydrogen (secondary N) is 1. The maximum absolute atomic E-state index is 13.7. The molecule has 1 N–H and O–H groups in total. The van der Waals surface area contributed by atoms with Crippen molar-refractivity contribution in [1.82, 2.24) is 0 Å². The maximum Gasteiger partial charge on any atom is 0.162 e. The highest BCUT2D eigenvalue weighted by Crippen LogP contribution is 2.36. The van der Waals surface area contributed by atoms with Gasteiger partial charge < -0.3 is 14.8 Å². The third-order valence-corrected chi connectivity index (χ3v) is 3.76. The van der Waals surface area contributed by atoms with E-state index >= 15 is 0 Å². The van der Waals surface area contributed by atoms with Gasteiger partial charge in [0, 0.05) is 28.7 Å². The lowest BCUT2D eigenvalue weighted by Gasteiger charge is -2.13. The first-order valence-electron chi connectivity index (χ1n) is 6.14. The van der Waals surface area contributed by atoms with Crippen LogP contribution in [0.2, 0.25) is 5.02 Å².